The molecule has 1 aliphatic heterocycles. The summed E-state index contributed by atoms with van der Waals surface area (Å²) in [4.78, 5) is 7.91. The van der Waals surface area contributed by atoms with Gasteiger partial charge in [0.25, 0.3) is 10.0 Å². The van der Waals surface area contributed by atoms with Crippen LogP contribution in [0.1, 0.15) is 55.2 Å². The first-order valence-electron chi connectivity index (χ1n) is 15.8. The number of rotatable bonds is 12. The lowest BCUT2D eigenvalue weighted by molar-refractivity contribution is 0.158. The molecule has 0 spiro atoms. The van der Waals surface area contributed by atoms with Crippen LogP contribution in [0.5, 0.6) is 0 Å². The molecular weight excluding hydrogens is 571 g/mol. The molecule has 1 unspecified atom stereocenters. The minimum atomic E-state index is -3.62. The van der Waals surface area contributed by atoms with Crippen molar-refractivity contribution < 1.29 is 8.42 Å². The second-order valence-electron chi connectivity index (χ2n) is 12.4. The fraction of sp³-hybridized carbons (Fsp3) is 0.417. The third kappa shape index (κ3) is 6.96. The monoisotopic (exact) mass is 613 g/mol. The summed E-state index contributed by atoms with van der Waals surface area (Å²) in [5, 5.41) is 0. The van der Waals surface area contributed by atoms with E-state index in [-0.39, 0.29) is 5.41 Å². The van der Waals surface area contributed by atoms with E-state index in [0.717, 1.165) is 55.4 Å². The Morgan fingerprint density at radius 3 is 2.51 bits per heavy atom. The first-order valence-corrected chi connectivity index (χ1v) is 18.0. The second kappa shape index (κ2) is 13.4. The topological polar surface area (TPSA) is 53.5 Å². The molecule has 6 rings (SSSR count). The number of likely N-dealkylation sites (tertiary alicyclic amines) is 1. The van der Waals surface area contributed by atoms with Crippen LogP contribution in [0.3, 0.4) is 0 Å². The number of sulfonamides is 1. The van der Waals surface area contributed by atoms with Crippen molar-refractivity contribution in [3.63, 3.8) is 0 Å². The predicted molar refractivity (Wildman–Crippen MR) is 177 cm³/mol. The Hall–Kier alpha value is -2.84. The van der Waals surface area contributed by atoms with Gasteiger partial charge in [-0.1, -0.05) is 67.1 Å². The van der Waals surface area contributed by atoms with Gasteiger partial charge in [0.05, 0.1) is 10.6 Å². The average Bonchev–Trinajstić information content (AvgIpc) is 3.69. The molecule has 2 aromatic heterocycles. The number of hydrogen-bond donors (Lipinski definition) is 0. The lowest BCUT2D eigenvalue weighted by atomic mass is 9.78. The molecule has 2 aliphatic rings. The van der Waals surface area contributed by atoms with E-state index in [1.54, 1.807) is 23.6 Å². The van der Waals surface area contributed by atoms with Gasteiger partial charge in [0.2, 0.25) is 0 Å². The lowest BCUT2D eigenvalue weighted by Crippen LogP contribution is -2.44. The first kappa shape index (κ1) is 30.2. The summed E-state index contributed by atoms with van der Waals surface area (Å²) in [5.74, 6) is 0.819. The number of fused-ring (bicyclic) bond motifs is 1. The minimum Gasteiger partial charge on any atom is -0.303 e. The second-order valence-corrected chi connectivity index (χ2v) is 15.8. The number of likely N-dealkylation sites (N-methyl/N-ethyl adjacent to an activating group) is 1. The molecule has 4 aromatic rings. The highest BCUT2D eigenvalue weighted by Crippen LogP contribution is 2.43. The number of aromatic nitrogens is 1. The molecule has 3 heterocycles. The number of piperidine rings is 1. The quantitative estimate of drug-likeness (QED) is 0.167. The zero-order chi connectivity index (χ0) is 29.7. The SMILES string of the molecule is CN(CC1(CCN2CCC(CCCc3ccccc3)CC2)CCc2ccccc21)S(=O)(=O)c1ccc(-c2ccccn2)s1. The van der Waals surface area contributed by atoms with Crippen molar-refractivity contribution in [1.82, 2.24) is 14.2 Å². The third-order valence-corrected chi connectivity index (χ3v) is 13.1. The lowest BCUT2D eigenvalue weighted by Gasteiger charge is -2.38. The van der Waals surface area contributed by atoms with Crippen molar-refractivity contribution in [3.05, 3.63) is 108 Å². The van der Waals surface area contributed by atoms with Gasteiger partial charge >= 0.3 is 0 Å². The molecule has 0 radical (unpaired) electrons. The summed E-state index contributed by atoms with van der Waals surface area (Å²) in [6.07, 6.45) is 11.0. The standard InChI is InChI=1S/C36H43N3O2S2/c1-38(43(40,41)35-18-17-34(42-35)33-16-7-8-24-37-33)28-36(22-19-31-14-5-6-15-32(31)36)23-27-39-25-20-30(21-26-39)13-9-12-29-10-3-2-4-11-29/h2-8,10-11,14-18,24,30H,9,12-13,19-23,25-28H2,1H3. The van der Waals surface area contributed by atoms with Gasteiger partial charge in [-0.05, 0) is 111 Å². The molecule has 0 N–H and O–H groups in total. The van der Waals surface area contributed by atoms with Crippen LogP contribution in [0, 0.1) is 5.92 Å². The van der Waals surface area contributed by atoms with Gasteiger partial charge in [-0.3, -0.25) is 4.98 Å². The summed E-state index contributed by atoms with van der Waals surface area (Å²) >= 11 is 1.30. The van der Waals surface area contributed by atoms with Crippen molar-refractivity contribution in [2.75, 3.05) is 33.2 Å². The van der Waals surface area contributed by atoms with Gasteiger partial charge in [-0.15, -0.1) is 11.3 Å². The molecule has 1 atom stereocenters. The number of hydrogen-bond acceptors (Lipinski definition) is 5. The highest BCUT2D eigenvalue weighted by Gasteiger charge is 2.42. The van der Waals surface area contributed by atoms with Crippen molar-refractivity contribution in [3.8, 4) is 10.6 Å². The molecular formula is C36H43N3O2S2. The summed E-state index contributed by atoms with van der Waals surface area (Å²) in [6.45, 7) is 3.81. The summed E-state index contributed by atoms with van der Waals surface area (Å²) < 4.78 is 29.7. The normalized spacial score (nSPS) is 19.6. The molecule has 0 bridgehead atoms. The van der Waals surface area contributed by atoms with Crippen LogP contribution in [0.2, 0.25) is 0 Å². The van der Waals surface area contributed by atoms with Gasteiger partial charge in [0, 0.05) is 25.2 Å². The summed E-state index contributed by atoms with van der Waals surface area (Å²) in [5.41, 5.74) is 4.79. The average molecular weight is 614 g/mol. The Morgan fingerprint density at radius 2 is 1.72 bits per heavy atom. The smallest absolute Gasteiger partial charge is 0.252 e. The van der Waals surface area contributed by atoms with Gasteiger partial charge in [-0.2, -0.15) is 4.31 Å². The van der Waals surface area contributed by atoms with Crippen LogP contribution in [0.4, 0.5) is 0 Å². The van der Waals surface area contributed by atoms with Gasteiger partial charge < -0.3 is 4.90 Å². The van der Waals surface area contributed by atoms with Gasteiger partial charge in [0.15, 0.2) is 0 Å². The number of thiophene rings is 1. The molecule has 1 saturated heterocycles. The number of benzene rings is 2. The van der Waals surface area contributed by atoms with Crippen LogP contribution in [-0.4, -0.2) is 55.8 Å². The van der Waals surface area contributed by atoms with Gasteiger partial charge in [0.1, 0.15) is 4.21 Å². The van der Waals surface area contributed by atoms with Gasteiger partial charge in [-0.25, -0.2) is 8.42 Å². The first-order chi connectivity index (χ1) is 20.9. The van der Waals surface area contributed by atoms with Crippen LogP contribution >= 0.6 is 11.3 Å². The Kier molecular flexibility index (Phi) is 9.43. The maximum absolute atomic E-state index is 13.8. The molecule has 43 heavy (non-hydrogen) atoms. The minimum absolute atomic E-state index is 0.175. The van der Waals surface area contributed by atoms with E-state index in [4.69, 9.17) is 0 Å². The molecule has 2 aromatic carbocycles. The van der Waals surface area contributed by atoms with E-state index >= 15 is 0 Å². The molecule has 226 valence electrons. The van der Waals surface area contributed by atoms with Crippen molar-refractivity contribution >= 4 is 21.4 Å². The highest BCUT2D eigenvalue weighted by molar-refractivity contribution is 7.91. The van der Waals surface area contributed by atoms with Crippen LogP contribution in [-0.2, 0) is 28.3 Å². The number of pyridine rings is 1. The fourth-order valence-corrected chi connectivity index (χ4v) is 9.90. The van der Waals surface area contributed by atoms with E-state index < -0.39 is 10.0 Å². The maximum Gasteiger partial charge on any atom is 0.252 e. The van der Waals surface area contributed by atoms with E-state index in [9.17, 15) is 8.42 Å². The predicted octanol–water partition coefficient (Wildman–Crippen LogP) is 7.44. The van der Waals surface area contributed by atoms with E-state index in [1.807, 2.05) is 24.3 Å². The largest absolute Gasteiger partial charge is 0.303 e. The molecule has 1 aliphatic carbocycles. The molecule has 1 fully saturated rings. The molecule has 0 saturated carbocycles. The molecule has 5 nitrogen and oxygen atoms in total. The Bertz CT molecular complexity index is 1580. The Balaban J connectivity index is 1.09. The van der Waals surface area contributed by atoms with Crippen molar-refractivity contribution in [2.45, 2.75) is 61.0 Å². The van der Waals surface area contributed by atoms with Crippen LogP contribution < -0.4 is 0 Å². The summed E-state index contributed by atoms with van der Waals surface area (Å²) in [7, 11) is -1.86. The third-order valence-electron chi connectivity index (χ3n) is 9.68. The summed E-state index contributed by atoms with van der Waals surface area (Å²) in [6, 6.07) is 28.9. The van der Waals surface area contributed by atoms with Crippen LogP contribution in [0.15, 0.2) is 95.3 Å². The number of aryl methyl sites for hydroxylation is 2. The number of nitrogens with zero attached hydrogens (tertiary/aromatic N) is 3. The van der Waals surface area contributed by atoms with Crippen molar-refractivity contribution in [1.29, 1.82) is 0 Å². The maximum atomic E-state index is 13.8. The molecule has 7 heteroatoms. The van der Waals surface area contributed by atoms with E-state index in [2.05, 4.69) is 64.5 Å². The molecule has 0 amide bonds. The van der Waals surface area contributed by atoms with Crippen LogP contribution in [0.25, 0.3) is 10.6 Å². The fourth-order valence-electron chi connectivity index (χ4n) is 7.15. The van der Waals surface area contributed by atoms with Crippen molar-refractivity contribution in [2.24, 2.45) is 5.92 Å². The van der Waals surface area contributed by atoms with E-state index in [1.165, 1.54) is 60.1 Å². The van der Waals surface area contributed by atoms with E-state index in [0.29, 0.717) is 10.8 Å². The zero-order valence-corrected chi connectivity index (χ0v) is 26.8. The Labute approximate surface area is 261 Å². The zero-order valence-electron chi connectivity index (χ0n) is 25.2. The Morgan fingerprint density at radius 1 is 0.953 bits per heavy atom. The highest BCUT2D eigenvalue weighted by atomic mass is 32.2.